The largest absolute Gasteiger partial charge is 0.496 e. The molecule has 0 fully saturated rings. The van der Waals surface area contributed by atoms with Gasteiger partial charge in [0.2, 0.25) is 0 Å². The van der Waals surface area contributed by atoms with Crippen LogP contribution in [-0.4, -0.2) is 60.6 Å². The monoisotopic (exact) mass is 581 g/mol. The summed E-state index contributed by atoms with van der Waals surface area (Å²) in [6.45, 7) is 2.50. The van der Waals surface area contributed by atoms with Crippen LogP contribution >= 0.6 is 23.4 Å². The van der Waals surface area contributed by atoms with Crippen molar-refractivity contribution in [3.8, 4) is 40.1 Å². The quantitative estimate of drug-likeness (QED) is 0.137. The number of nitrogens with zero attached hydrogens (tertiary/aromatic N) is 4. The Morgan fingerprint density at radius 1 is 0.975 bits per heavy atom. The van der Waals surface area contributed by atoms with E-state index in [4.69, 9.17) is 30.5 Å². The molecule has 0 radical (unpaired) electrons. The zero-order chi connectivity index (χ0) is 28.5. The van der Waals surface area contributed by atoms with Crippen LogP contribution in [0, 0.1) is 0 Å². The number of hydrazone groups is 1. The maximum atomic E-state index is 12.7. The van der Waals surface area contributed by atoms with Crippen molar-refractivity contribution in [2.45, 2.75) is 12.1 Å². The van der Waals surface area contributed by atoms with Gasteiger partial charge in [0.1, 0.15) is 11.5 Å². The minimum Gasteiger partial charge on any atom is -0.496 e. The number of hydrogen-bond acceptors (Lipinski definition) is 9. The fourth-order valence-electron chi connectivity index (χ4n) is 3.73. The van der Waals surface area contributed by atoms with Gasteiger partial charge in [-0.25, -0.2) is 5.43 Å². The molecule has 4 aromatic rings. The van der Waals surface area contributed by atoms with Crippen molar-refractivity contribution in [1.29, 1.82) is 0 Å². The van der Waals surface area contributed by atoms with E-state index in [9.17, 15) is 4.79 Å². The van der Waals surface area contributed by atoms with Crippen molar-refractivity contribution in [2.75, 3.05) is 33.7 Å². The Morgan fingerprint density at radius 3 is 2.30 bits per heavy atom. The van der Waals surface area contributed by atoms with Crippen molar-refractivity contribution < 1.29 is 23.7 Å². The molecule has 0 saturated carbocycles. The first-order valence-corrected chi connectivity index (χ1v) is 13.5. The third-order valence-electron chi connectivity index (χ3n) is 5.60. The van der Waals surface area contributed by atoms with E-state index >= 15 is 0 Å². The number of rotatable bonds is 12. The number of carbonyl (C=O) groups excluding carboxylic acids is 1. The molecule has 0 aliphatic heterocycles. The zero-order valence-electron chi connectivity index (χ0n) is 22.4. The highest BCUT2D eigenvalue weighted by Crippen LogP contribution is 2.34. The lowest BCUT2D eigenvalue weighted by Gasteiger charge is -2.12. The average Bonchev–Trinajstić information content (AvgIpc) is 3.40. The van der Waals surface area contributed by atoms with Crippen LogP contribution in [0.2, 0.25) is 5.02 Å². The molecule has 0 spiro atoms. The fraction of sp³-hybridized carbons (Fsp3) is 0.214. The van der Waals surface area contributed by atoms with Crippen LogP contribution < -0.4 is 24.4 Å². The highest BCUT2D eigenvalue weighted by molar-refractivity contribution is 7.99. The van der Waals surface area contributed by atoms with E-state index in [0.29, 0.717) is 45.4 Å². The molecule has 12 heteroatoms. The first-order valence-electron chi connectivity index (χ1n) is 12.2. The van der Waals surface area contributed by atoms with Gasteiger partial charge >= 0.3 is 0 Å². The summed E-state index contributed by atoms with van der Waals surface area (Å²) in [7, 11) is 4.61. The number of methoxy groups -OCH3 is 3. The summed E-state index contributed by atoms with van der Waals surface area (Å²) in [5.41, 5.74) is 4.79. The van der Waals surface area contributed by atoms with Gasteiger partial charge in [-0.2, -0.15) is 5.10 Å². The zero-order valence-corrected chi connectivity index (χ0v) is 24.0. The predicted octanol–water partition coefficient (Wildman–Crippen LogP) is 5.25. The maximum Gasteiger partial charge on any atom is 0.250 e. The summed E-state index contributed by atoms with van der Waals surface area (Å²) in [5, 5.41) is 14.0. The van der Waals surface area contributed by atoms with E-state index in [2.05, 4.69) is 20.7 Å². The van der Waals surface area contributed by atoms with Gasteiger partial charge in [0.25, 0.3) is 5.91 Å². The van der Waals surface area contributed by atoms with Crippen LogP contribution in [0.25, 0.3) is 17.1 Å². The van der Waals surface area contributed by atoms with Gasteiger partial charge in [-0.3, -0.25) is 9.36 Å². The number of benzene rings is 3. The standard InChI is InChI=1S/C28H28ClN5O5S/c1-5-39-22-12-10-21(11-13-22)34-27(18-6-8-20(29)9-7-18)32-33-28(34)40-17-26(35)31-30-16-19-14-24(37-3)25(38-4)15-23(19)36-2/h6-16H,5,17H2,1-4H3,(H,31,35)/b30-16-. The van der Waals surface area contributed by atoms with Gasteiger partial charge < -0.3 is 18.9 Å². The number of nitrogens with one attached hydrogen (secondary N) is 1. The first-order chi connectivity index (χ1) is 19.5. The molecule has 0 bridgehead atoms. The summed E-state index contributed by atoms with van der Waals surface area (Å²) in [6.07, 6.45) is 1.48. The minimum atomic E-state index is -0.324. The lowest BCUT2D eigenvalue weighted by atomic mass is 10.2. The Morgan fingerprint density at radius 2 is 1.65 bits per heavy atom. The summed E-state index contributed by atoms with van der Waals surface area (Å²) in [4.78, 5) is 12.7. The van der Waals surface area contributed by atoms with Gasteiger partial charge in [-0.05, 0) is 61.5 Å². The summed E-state index contributed by atoms with van der Waals surface area (Å²) < 4.78 is 23.5. The van der Waals surface area contributed by atoms with Crippen LogP contribution in [0.1, 0.15) is 12.5 Å². The normalized spacial score (nSPS) is 10.9. The van der Waals surface area contributed by atoms with Gasteiger partial charge in [-0.15, -0.1) is 10.2 Å². The van der Waals surface area contributed by atoms with Crippen LogP contribution in [-0.2, 0) is 4.79 Å². The third kappa shape index (κ3) is 6.85. The molecule has 1 amide bonds. The highest BCUT2D eigenvalue weighted by atomic mass is 35.5. The second-order valence-electron chi connectivity index (χ2n) is 8.11. The smallest absolute Gasteiger partial charge is 0.250 e. The Hall–Kier alpha value is -4.22. The van der Waals surface area contributed by atoms with Gasteiger partial charge in [0.05, 0.1) is 39.9 Å². The molecule has 1 N–H and O–H groups in total. The molecule has 0 atom stereocenters. The number of hydrogen-bond donors (Lipinski definition) is 1. The lowest BCUT2D eigenvalue weighted by Crippen LogP contribution is -2.20. The van der Waals surface area contributed by atoms with E-state index in [1.165, 1.54) is 39.3 Å². The predicted molar refractivity (Wildman–Crippen MR) is 156 cm³/mol. The molecule has 1 heterocycles. The molecule has 3 aromatic carbocycles. The van der Waals surface area contributed by atoms with Crippen molar-refractivity contribution in [3.63, 3.8) is 0 Å². The van der Waals surface area contributed by atoms with E-state index in [1.807, 2.05) is 47.9 Å². The number of ether oxygens (including phenoxy) is 4. The van der Waals surface area contributed by atoms with Crippen LogP contribution in [0.15, 0.2) is 70.9 Å². The van der Waals surface area contributed by atoms with E-state index in [1.54, 1.807) is 24.3 Å². The van der Waals surface area contributed by atoms with Crippen molar-refractivity contribution in [1.82, 2.24) is 20.2 Å². The summed E-state index contributed by atoms with van der Waals surface area (Å²) in [6, 6.07) is 18.3. The minimum absolute atomic E-state index is 0.0518. The molecule has 0 aliphatic carbocycles. The molecular weight excluding hydrogens is 554 g/mol. The topological polar surface area (TPSA) is 109 Å². The second kappa shape index (κ2) is 13.7. The summed E-state index contributed by atoms with van der Waals surface area (Å²) in [5.74, 6) is 2.64. The highest BCUT2D eigenvalue weighted by Gasteiger charge is 2.18. The van der Waals surface area contributed by atoms with E-state index in [0.717, 1.165) is 17.0 Å². The Kier molecular flexibility index (Phi) is 9.87. The van der Waals surface area contributed by atoms with Crippen LogP contribution in [0.3, 0.4) is 0 Å². The van der Waals surface area contributed by atoms with E-state index in [-0.39, 0.29) is 11.7 Å². The molecule has 208 valence electrons. The average molecular weight is 582 g/mol. The molecule has 0 saturated heterocycles. The lowest BCUT2D eigenvalue weighted by molar-refractivity contribution is -0.118. The number of halogens is 1. The molecule has 0 aliphatic rings. The SMILES string of the molecule is CCOc1ccc(-n2c(SCC(=O)N/N=C\c3cc(OC)c(OC)cc3OC)nnc2-c2ccc(Cl)cc2)cc1. The molecule has 10 nitrogen and oxygen atoms in total. The van der Waals surface area contributed by atoms with Crippen LogP contribution in [0.4, 0.5) is 0 Å². The first kappa shape index (κ1) is 28.8. The Labute approximate surface area is 241 Å². The molecule has 40 heavy (non-hydrogen) atoms. The Balaban J connectivity index is 1.51. The number of carbonyl (C=O) groups is 1. The third-order valence-corrected chi connectivity index (χ3v) is 6.78. The molecule has 0 unspecified atom stereocenters. The Bertz CT molecular complexity index is 1480. The number of amides is 1. The number of aromatic nitrogens is 3. The van der Waals surface area contributed by atoms with Crippen molar-refractivity contribution in [2.24, 2.45) is 5.10 Å². The van der Waals surface area contributed by atoms with Gasteiger partial charge in [-0.1, -0.05) is 23.4 Å². The molecule has 4 rings (SSSR count). The van der Waals surface area contributed by atoms with Gasteiger partial charge in [0, 0.05) is 27.9 Å². The maximum absolute atomic E-state index is 12.7. The molecule has 1 aromatic heterocycles. The fourth-order valence-corrected chi connectivity index (χ4v) is 4.60. The van der Waals surface area contributed by atoms with Gasteiger partial charge in [0.15, 0.2) is 22.5 Å². The molecular formula is C28H28ClN5O5S. The second-order valence-corrected chi connectivity index (χ2v) is 9.49. The van der Waals surface area contributed by atoms with Crippen LogP contribution in [0.5, 0.6) is 23.0 Å². The van der Waals surface area contributed by atoms with Crippen molar-refractivity contribution in [3.05, 3.63) is 71.2 Å². The summed E-state index contributed by atoms with van der Waals surface area (Å²) >= 11 is 7.32. The number of thioether (sulfide) groups is 1. The van der Waals surface area contributed by atoms with E-state index < -0.39 is 0 Å². The van der Waals surface area contributed by atoms with Crippen molar-refractivity contribution >= 4 is 35.5 Å².